The van der Waals surface area contributed by atoms with E-state index >= 15 is 0 Å². The molecule has 0 aliphatic heterocycles. The third-order valence-corrected chi connectivity index (χ3v) is 4.46. The summed E-state index contributed by atoms with van der Waals surface area (Å²) < 4.78 is 2.69. The van der Waals surface area contributed by atoms with E-state index in [0.717, 1.165) is 5.56 Å². The van der Waals surface area contributed by atoms with Gasteiger partial charge in [-0.05, 0) is 48.9 Å². The minimum Gasteiger partial charge on any atom is -0.268 e. The summed E-state index contributed by atoms with van der Waals surface area (Å²) in [4.78, 5) is 30.3. The highest BCUT2D eigenvalue weighted by atomic mass is 35.5. The molecule has 0 bridgehead atoms. The van der Waals surface area contributed by atoms with E-state index in [0.29, 0.717) is 16.4 Å². The third-order valence-electron chi connectivity index (χ3n) is 4.20. The summed E-state index contributed by atoms with van der Waals surface area (Å²) in [7, 11) is 0. The zero-order valence-corrected chi connectivity index (χ0v) is 14.4. The van der Waals surface area contributed by atoms with Gasteiger partial charge in [0.1, 0.15) is 17.3 Å². The number of pyridine rings is 2. The van der Waals surface area contributed by atoms with Crippen molar-refractivity contribution in [3.05, 3.63) is 85.5 Å². The first-order chi connectivity index (χ1) is 12.5. The molecule has 0 N–H and O–H groups in total. The Morgan fingerprint density at radius 2 is 1.81 bits per heavy atom. The van der Waals surface area contributed by atoms with Gasteiger partial charge in [-0.2, -0.15) is 5.26 Å². The monoisotopic (exact) mass is 362 g/mol. The highest BCUT2D eigenvalue weighted by molar-refractivity contribution is 6.30. The second-order valence-corrected chi connectivity index (χ2v) is 6.26. The third kappa shape index (κ3) is 2.30. The Labute approximate surface area is 152 Å². The van der Waals surface area contributed by atoms with Gasteiger partial charge in [-0.25, -0.2) is 4.98 Å². The maximum absolute atomic E-state index is 12.9. The van der Waals surface area contributed by atoms with E-state index in [2.05, 4.69) is 4.98 Å². The lowest BCUT2D eigenvalue weighted by molar-refractivity contribution is 0.979. The van der Waals surface area contributed by atoms with Gasteiger partial charge in [0.05, 0.1) is 11.1 Å². The summed E-state index contributed by atoms with van der Waals surface area (Å²) in [5.41, 5.74) is 0.934. The van der Waals surface area contributed by atoms with E-state index in [1.165, 1.54) is 15.0 Å². The predicted molar refractivity (Wildman–Crippen MR) is 99.0 cm³/mol. The number of halogens is 1. The number of rotatable bonds is 1. The molecular formula is C19H11ClN4O2. The molecule has 0 aliphatic carbocycles. The molecule has 0 unspecified atom stereocenters. The van der Waals surface area contributed by atoms with Gasteiger partial charge in [0.2, 0.25) is 0 Å². The number of aromatic nitrogens is 3. The second-order valence-electron chi connectivity index (χ2n) is 5.83. The molecule has 3 aromatic heterocycles. The quantitative estimate of drug-likeness (QED) is 0.488. The molecule has 4 rings (SSSR count). The average molecular weight is 363 g/mol. The average Bonchev–Trinajstić information content (AvgIpc) is 2.64. The molecule has 0 aliphatic rings. The van der Waals surface area contributed by atoms with E-state index in [-0.39, 0.29) is 22.2 Å². The van der Waals surface area contributed by atoms with Crippen molar-refractivity contribution in [1.82, 2.24) is 14.0 Å². The smallest absolute Gasteiger partial charge is 0.268 e. The van der Waals surface area contributed by atoms with Gasteiger partial charge in [-0.1, -0.05) is 17.7 Å². The fraction of sp³-hybridized carbons (Fsp3) is 0.0526. The summed E-state index contributed by atoms with van der Waals surface area (Å²) in [6.07, 6.45) is 1.61. The van der Waals surface area contributed by atoms with Crippen molar-refractivity contribution in [3.8, 4) is 11.8 Å². The van der Waals surface area contributed by atoms with Crippen LogP contribution in [0.25, 0.3) is 22.4 Å². The van der Waals surface area contributed by atoms with Crippen molar-refractivity contribution in [1.29, 1.82) is 5.26 Å². The lowest BCUT2D eigenvalue weighted by Crippen LogP contribution is -2.26. The van der Waals surface area contributed by atoms with Crippen LogP contribution in [0, 0.1) is 18.3 Å². The standard InChI is InChI=1S/C19H11ClN4O2/c1-11-3-2-8-23-16(11)22-17-15(19(23)26)9-12(10-21)18(25)24(17)14-6-4-13(20)5-7-14/h2-9H,1H3. The van der Waals surface area contributed by atoms with Gasteiger partial charge in [0.15, 0.2) is 5.65 Å². The molecular weight excluding hydrogens is 352 g/mol. The van der Waals surface area contributed by atoms with Crippen LogP contribution in [0.2, 0.25) is 5.02 Å². The first-order valence-corrected chi connectivity index (χ1v) is 8.13. The molecule has 0 fully saturated rings. The maximum Gasteiger partial charge on any atom is 0.274 e. The largest absolute Gasteiger partial charge is 0.274 e. The van der Waals surface area contributed by atoms with Crippen molar-refractivity contribution in [2.24, 2.45) is 0 Å². The SMILES string of the molecule is Cc1cccn2c(=O)c3cc(C#N)c(=O)n(-c4ccc(Cl)cc4)c3nc12. The van der Waals surface area contributed by atoms with Crippen LogP contribution in [-0.4, -0.2) is 14.0 Å². The van der Waals surface area contributed by atoms with E-state index in [9.17, 15) is 14.9 Å². The fourth-order valence-electron chi connectivity index (χ4n) is 2.93. The Balaban J connectivity index is 2.28. The summed E-state index contributed by atoms with van der Waals surface area (Å²) in [6, 6.07) is 13.3. The lowest BCUT2D eigenvalue weighted by Gasteiger charge is -2.12. The Hall–Kier alpha value is -3.43. The van der Waals surface area contributed by atoms with Crippen molar-refractivity contribution >= 4 is 28.3 Å². The molecule has 6 nitrogen and oxygen atoms in total. The van der Waals surface area contributed by atoms with Gasteiger partial charge >= 0.3 is 0 Å². The molecule has 4 aromatic rings. The van der Waals surface area contributed by atoms with Gasteiger partial charge in [0, 0.05) is 11.2 Å². The topological polar surface area (TPSA) is 80.2 Å². The van der Waals surface area contributed by atoms with Crippen LogP contribution < -0.4 is 11.1 Å². The molecule has 7 heteroatoms. The van der Waals surface area contributed by atoms with E-state index in [4.69, 9.17) is 11.6 Å². The van der Waals surface area contributed by atoms with Crippen molar-refractivity contribution in [2.75, 3.05) is 0 Å². The Morgan fingerprint density at radius 3 is 2.50 bits per heavy atom. The first-order valence-electron chi connectivity index (χ1n) is 7.75. The van der Waals surface area contributed by atoms with Crippen LogP contribution in [0.4, 0.5) is 0 Å². The fourth-order valence-corrected chi connectivity index (χ4v) is 3.06. The van der Waals surface area contributed by atoms with Crippen LogP contribution in [0.15, 0.2) is 58.3 Å². The molecule has 3 heterocycles. The summed E-state index contributed by atoms with van der Waals surface area (Å²) >= 11 is 5.93. The van der Waals surface area contributed by atoms with E-state index < -0.39 is 5.56 Å². The lowest BCUT2D eigenvalue weighted by atomic mass is 10.2. The number of hydrogen-bond donors (Lipinski definition) is 0. The minimum atomic E-state index is -0.535. The van der Waals surface area contributed by atoms with Crippen LogP contribution >= 0.6 is 11.6 Å². The first kappa shape index (κ1) is 16.1. The number of fused-ring (bicyclic) bond motifs is 2. The molecule has 0 amide bonds. The molecule has 26 heavy (non-hydrogen) atoms. The number of nitrogens with zero attached hydrogens (tertiary/aromatic N) is 4. The molecule has 1 aromatic carbocycles. The summed E-state index contributed by atoms with van der Waals surface area (Å²) in [5, 5.41) is 10.0. The number of benzene rings is 1. The van der Waals surface area contributed by atoms with Gasteiger partial charge in [-0.15, -0.1) is 0 Å². The van der Waals surface area contributed by atoms with Crippen molar-refractivity contribution in [3.63, 3.8) is 0 Å². The Kier molecular flexibility index (Phi) is 3.60. The molecule has 0 spiro atoms. The molecule has 0 saturated heterocycles. The van der Waals surface area contributed by atoms with Crippen molar-refractivity contribution in [2.45, 2.75) is 6.92 Å². The molecule has 0 radical (unpaired) electrons. The Morgan fingerprint density at radius 1 is 1.08 bits per heavy atom. The van der Waals surface area contributed by atoms with Crippen LogP contribution in [-0.2, 0) is 0 Å². The molecule has 126 valence electrons. The van der Waals surface area contributed by atoms with Crippen molar-refractivity contribution < 1.29 is 0 Å². The maximum atomic E-state index is 12.9. The van der Waals surface area contributed by atoms with Crippen LogP contribution in [0.5, 0.6) is 0 Å². The highest BCUT2D eigenvalue weighted by Crippen LogP contribution is 2.18. The molecule has 0 atom stereocenters. The van der Waals surface area contributed by atoms with Crippen LogP contribution in [0.3, 0.4) is 0 Å². The zero-order chi connectivity index (χ0) is 18.4. The minimum absolute atomic E-state index is 0.126. The van der Waals surface area contributed by atoms with E-state index in [1.807, 2.05) is 19.1 Å². The predicted octanol–water partition coefficient (Wildman–Crippen LogP) is 2.83. The Bertz CT molecular complexity index is 1350. The number of hydrogen-bond acceptors (Lipinski definition) is 4. The molecule has 0 saturated carbocycles. The zero-order valence-electron chi connectivity index (χ0n) is 13.6. The number of nitriles is 1. The highest BCUT2D eigenvalue weighted by Gasteiger charge is 2.16. The van der Waals surface area contributed by atoms with E-state index in [1.54, 1.807) is 36.5 Å². The van der Waals surface area contributed by atoms with Gasteiger partial charge in [0.25, 0.3) is 11.1 Å². The summed E-state index contributed by atoms with van der Waals surface area (Å²) in [5.74, 6) is 0. The summed E-state index contributed by atoms with van der Waals surface area (Å²) in [6.45, 7) is 1.84. The number of aryl methyl sites for hydroxylation is 1. The normalized spacial score (nSPS) is 11.0. The van der Waals surface area contributed by atoms with Gasteiger partial charge in [-0.3, -0.25) is 18.6 Å². The van der Waals surface area contributed by atoms with Crippen LogP contribution in [0.1, 0.15) is 11.1 Å². The second kappa shape index (κ2) is 5.83. The van der Waals surface area contributed by atoms with Gasteiger partial charge < -0.3 is 0 Å².